The Morgan fingerprint density at radius 2 is 1.83 bits per heavy atom. The van der Waals surface area contributed by atoms with Gasteiger partial charge in [-0.2, -0.15) is 5.26 Å². The highest BCUT2D eigenvalue weighted by atomic mass is 16.3. The molecule has 0 aromatic heterocycles. The maximum absolute atomic E-state index is 12.1. The van der Waals surface area contributed by atoms with Crippen LogP contribution < -0.4 is 10.2 Å². The van der Waals surface area contributed by atoms with Gasteiger partial charge >= 0.3 is 0 Å². The molecule has 23 heavy (non-hydrogen) atoms. The number of phenols is 2. The van der Waals surface area contributed by atoms with Crippen LogP contribution in [0.5, 0.6) is 11.5 Å². The first kappa shape index (κ1) is 15.9. The summed E-state index contributed by atoms with van der Waals surface area (Å²) in [6.07, 6.45) is 1.38. The Morgan fingerprint density at radius 3 is 2.43 bits per heavy atom. The molecule has 6 heteroatoms. The van der Waals surface area contributed by atoms with Crippen molar-refractivity contribution in [3.8, 4) is 17.6 Å². The van der Waals surface area contributed by atoms with E-state index in [4.69, 9.17) is 0 Å². The molecular formula is C17H15N3O3. The minimum absolute atomic E-state index is 0.0787. The normalized spacial score (nSPS) is 10.7. The van der Waals surface area contributed by atoms with Crippen molar-refractivity contribution >= 4 is 17.3 Å². The minimum Gasteiger partial charge on any atom is -0.508 e. The Kier molecular flexibility index (Phi) is 4.85. The zero-order chi connectivity index (χ0) is 16.8. The first-order valence-electron chi connectivity index (χ1n) is 6.74. The summed E-state index contributed by atoms with van der Waals surface area (Å²) in [5.74, 6) is -0.575. The van der Waals surface area contributed by atoms with Crippen molar-refractivity contribution in [1.29, 1.82) is 5.26 Å². The van der Waals surface area contributed by atoms with Gasteiger partial charge in [0.1, 0.15) is 23.1 Å². The van der Waals surface area contributed by atoms with E-state index in [9.17, 15) is 20.3 Å². The van der Waals surface area contributed by atoms with Crippen LogP contribution in [0.3, 0.4) is 0 Å². The van der Waals surface area contributed by atoms with Crippen molar-refractivity contribution < 1.29 is 15.0 Å². The van der Waals surface area contributed by atoms with Crippen LogP contribution in [0.1, 0.15) is 0 Å². The number of anilines is 2. The van der Waals surface area contributed by atoms with Gasteiger partial charge in [0, 0.05) is 18.9 Å². The lowest BCUT2D eigenvalue weighted by molar-refractivity contribution is -0.112. The summed E-state index contributed by atoms with van der Waals surface area (Å²) in [4.78, 5) is 13.7. The Morgan fingerprint density at radius 1 is 1.17 bits per heavy atom. The monoisotopic (exact) mass is 309 g/mol. The lowest BCUT2D eigenvalue weighted by Gasteiger charge is -2.15. The molecule has 0 saturated heterocycles. The number of nitrogens with zero attached hydrogens (tertiary/aromatic N) is 2. The van der Waals surface area contributed by atoms with Gasteiger partial charge in [-0.3, -0.25) is 4.79 Å². The number of benzene rings is 2. The van der Waals surface area contributed by atoms with Crippen LogP contribution in [-0.4, -0.2) is 23.2 Å². The van der Waals surface area contributed by atoms with E-state index in [2.05, 4.69) is 5.32 Å². The van der Waals surface area contributed by atoms with Crippen LogP contribution in [0.2, 0.25) is 0 Å². The zero-order valence-electron chi connectivity index (χ0n) is 12.4. The fraction of sp³-hybridized carbons (Fsp3) is 0.0588. The molecule has 0 aliphatic carbocycles. The average molecular weight is 309 g/mol. The van der Waals surface area contributed by atoms with Crippen molar-refractivity contribution in [3.63, 3.8) is 0 Å². The maximum Gasteiger partial charge on any atom is 0.267 e. The highest BCUT2D eigenvalue weighted by Crippen LogP contribution is 2.22. The molecule has 0 saturated carbocycles. The number of amides is 1. The second-order valence-electron chi connectivity index (χ2n) is 4.75. The Labute approximate surface area is 133 Å². The van der Waals surface area contributed by atoms with Crippen molar-refractivity contribution in [2.45, 2.75) is 0 Å². The molecule has 0 unspecified atom stereocenters. The van der Waals surface area contributed by atoms with Gasteiger partial charge in [0.05, 0.1) is 5.69 Å². The highest BCUT2D eigenvalue weighted by Gasteiger charge is 2.12. The van der Waals surface area contributed by atoms with Crippen molar-refractivity contribution in [2.24, 2.45) is 0 Å². The Hall–Kier alpha value is -3.46. The number of hydrogen-bond donors (Lipinski definition) is 3. The number of para-hydroxylation sites is 2. The van der Waals surface area contributed by atoms with Gasteiger partial charge in [-0.25, -0.2) is 0 Å². The van der Waals surface area contributed by atoms with Crippen LogP contribution in [-0.2, 0) is 4.79 Å². The number of rotatable bonds is 4. The standard InChI is InChI=1S/C17H15N3O3/c1-20(13-6-8-14(21)9-7-13)11-12(10-18)17(23)19-15-4-2-3-5-16(15)22/h2-9,11,21-22H,1H3,(H,19,23)/b12-11-. The fourth-order valence-corrected chi connectivity index (χ4v) is 1.86. The molecule has 1 amide bonds. The average Bonchev–Trinajstić information content (AvgIpc) is 2.55. The SMILES string of the molecule is CN(/C=C(/C#N)C(=O)Nc1ccccc1O)c1ccc(O)cc1. The summed E-state index contributed by atoms with van der Waals surface area (Å²) in [6, 6.07) is 14.4. The van der Waals surface area contributed by atoms with Crippen molar-refractivity contribution in [3.05, 3.63) is 60.3 Å². The van der Waals surface area contributed by atoms with Crippen LogP contribution in [0.15, 0.2) is 60.3 Å². The van der Waals surface area contributed by atoms with Gasteiger partial charge in [0.25, 0.3) is 5.91 Å². The third-order valence-corrected chi connectivity index (χ3v) is 3.10. The van der Waals surface area contributed by atoms with E-state index in [0.717, 1.165) is 0 Å². The van der Waals surface area contributed by atoms with E-state index in [0.29, 0.717) is 5.69 Å². The van der Waals surface area contributed by atoms with Gasteiger partial charge in [-0.05, 0) is 36.4 Å². The summed E-state index contributed by atoms with van der Waals surface area (Å²) in [7, 11) is 1.68. The van der Waals surface area contributed by atoms with E-state index < -0.39 is 5.91 Å². The van der Waals surface area contributed by atoms with Gasteiger partial charge < -0.3 is 20.4 Å². The molecule has 0 spiro atoms. The predicted molar refractivity (Wildman–Crippen MR) is 86.9 cm³/mol. The molecule has 0 heterocycles. The van der Waals surface area contributed by atoms with Gasteiger partial charge in [-0.15, -0.1) is 0 Å². The summed E-state index contributed by atoms with van der Waals surface area (Å²) < 4.78 is 0. The molecular weight excluding hydrogens is 294 g/mol. The molecule has 2 aromatic rings. The molecule has 3 N–H and O–H groups in total. The number of hydrogen-bond acceptors (Lipinski definition) is 5. The first-order chi connectivity index (χ1) is 11.0. The summed E-state index contributed by atoms with van der Waals surface area (Å²) in [6.45, 7) is 0. The molecule has 2 aromatic carbocycles. The summed E-state index contributed by atoms with van der Waals surface area (Å²) in [5, 5.41) is 30.6. The molecule has 0 atom stereocenters. The van der Waals surface area contributed by atoms with Crippen LogP contribution in [0.25, 0.3) is 0 Å². The lowest BCUT2D eigenvalue weighted by atomic mass is 10.2. The number of carbonyl (C=O) groups is 1. The zero-order valence-corrected chi connectivity index (χ0v) is 12.4. The Bertz CT molecular complexity index is 776. The van der Waals surface area contributed by atoms with E-state index in [-0.39, 0.29) is 22.8 Å². The Balaban J connectivity index is 2.18. The number of carbonyl (C=O) groups excluding carboxylic acids is 1. The number of aromatic hydroxyl groups is 2. The number of nitriles is 1. The molecule has 0 aliphatic heterocycles. The molecule has 0 radical (unpaired) electrons. The predicted octanol–water partition coefficient (Wildman–Crippen LogP) is 2.58. The van der Waals surface area contributed by atoms with Gasteiger partial charge in [0.15, 0.2) is 0 Å². The maximum atomic E-state index is 12.1. The van der Waals surface area contributed by atoms with Crippen molar-refractivity contribution in [2.75, 3.05) is 17.3 Å². The summed E-state index contributed by atoms with van der Waals surface area (Å²) in [5.41, 5.74) is 0.806. The summed E-state index contributed by atoms with van der Waals surface area (Å²) >= 11 is 0. The van der Waals surface area contributed by atoms with E-state index in [1.54, 1.807) is 36.2 Å². The first-order valence-corrected chi connectivity index (χ1v) is 6.74. The molecule has 2 rings (SSSR count). The second kappa shape index (κ2) is 7.00. The lowest BCUT2D eigenvalue weighted by Crippen LogP contribution is -2.17. The highest BCUT2D eigenvalue weighted by molar-refractivity contribution is 6.07. The van der Waals surface area contributed by atoms with E-state index >= 15 is 0 Å². The number of phenolic OH excluding ortho intramolecular Hbond substituents is 2. The quantitative estimate of drug-likeness (QED) is 0.458. The molecule has 0 aliphatic rings. The molecule has 0 fully saturated rings. The van der Waals surface area contributed by atoms with Gasteiger partial charge in [0.2, 0.25) is 0 Å². The topological polar surface area (TPSA) is 96.6 Å². The third kappa shape index (κ3) is 4.02. The third-order valence-electron chi connectivity index (χ3n) is 3.10. The fourth-order valence-electron chi connectivity index (χ4n) is 1.86. The van der Waals surface area contributed by atoms with E-state index in [1.165, 1.54) is 30.5 Å². The minimum atomic E-state index is -0.625. The van der Waals surface area contributed by atoms with Crippen LogP contribution in [0.4, 0.5) is 11.4 Å². The van der Waals surface area contributed by atoms with Crippen LogP contribution >= 0.6 is 0 Å². The molecule has 116 valence electrons. The van der Waals surface area contributed by atoms with Crippen molar-refractivity contribution in [1.82, 2.24) is 0 Å². The smallest absolute Gasteiger partial charge is 0.267 e. The molecule has 6 nitrogen and oxygen atoms in total. The van der Waals surface area contributed by atoms with Gasteiger partial charge in [-0.1, -0.05) is 12.1 Å². The second-order valence-corrected chi connectivity index (χ2v) is 4.75. The molecule has 0 bridgehead atoms. The van der Waals surface area contributed by atoms with Crippen LogP contribution in [0, 0.1) is 11.3 Å². The largest absolute Gasteiger partial charge is 0.508 e. The number of nitrogens with one attached hydrogen (secondary N) is 1. The van der Waals surface area contributed by atoms with E-state index in [1.807, 2.05) is 6.07 Å².